The van der Waals surface area contributed by atoms with Gasteiger partial charge in [-0.05, 0) is 30.3 Å². The molecule has 0 aliphatic carbocycles. The Hall–Kier alpha value is -3.00. The number of nitrogens with one attached hydrogen (secondary N) is 1. The van der Waals surface area contributed by atoms with Crippen LogP contribution in [0, 0.1) is 0 Å². The second-order valence-electron chi connectivity index (χ2n) is 5.61. The fourth-order valence-corrected chi connectivity index (χ4v) is 3.35. The first kappa shape index (κ1) is 11.6. The molecule has 0 spiro atoms. The van der Waals surface area contributed by atoms with Crippen molar-refractivity contribution < 1.29 is 0 Å². The minimum Gasteiger partial charge on any atom is -0.354 e. The third-order valence-corrected chi connectivity index (χ3v) is 4.38. The Kier molecular flexibility index (Phi) is 2.25. The average molecular weight is 282 g/mol. The lowest BCUT2D eigenvalue weighted by Gasteiger charge is -2.05. The molecule has 0 aliphatic heterocycles. The molecule has 104 valence electrons. The van der Waals surface area contributed by atoms with Gasteiger partial charge in [0.05, 0.1) is 11.0 Å². The van der Waals surface area contributed by atoms with Gasteiger partial charge in [-0.3, -0.25) is 0 Å². The molecule has 0 bridgehead atoms. The van der Waals surface area contributed by atoms with E-state index in [1.165, 1.54) is 38.4 Å². The third-order valence-electron chi connectivity index (χ3n) is 4.38. The van der Waals surface area contributed by atoms with Crippen LogP contribution in [0.1, 0.15) is 0 Å². The molecule has 2 heteroatoms. The van der Waals surface area contributed by atoms with Crippen molar-refractivity contribution in [2.45, 2.75) is 0 Å². The molecule has 0 radical (unpaired) electrons. The highest BCUT2D eigenvalue weighted by Gasteiger charge is 2.10. The second kappa shape index (κ2) is 4.25. The Morgan fingerprint density at radius 2 is 1.45 bits per heavy atom. The first-order valence-corrected chi connectivity index (χ1v) is 7.48. The van der Waals surface area contributed by atoms with Gasteiger partial charge < -0.3 is 9.55 Å². The molecule has 22 heavy (non-hydrogen) atoms. The summed E-state index contributed by atoms with van der Waals surface area (Å²) < 4.78 is 2.24. The summed E-state index contributed by atoms with van der Waals surface area (Å²) in [6, 6.07) is 25.6. The lowest BCUT2D eigenvalue weighted by molar-refractivity contribution is 1.13. The second-order valence-corrected chi connectivity index (χ2v) is 5.61. The van der Waals surface area contributed by atoms with Crippen LogP contribution >= 0.6 is 0 Å². The first-order chi connectivity index (χ1) is 10.9. The van der Waals surface area contributed by atoms with Crippen LogP contribution in [0.5, 0.6) is 0 Å². The molecule has 2 aromatic heterocycles. The number of H-pyrrole nitrogens is 1. The van der Waals surface area contributed by atoms with Crippen LogP contribution in [0.3, 0.4) is 0 Å². The zero-order valence-corrected chi connectivity index (χ0v) is 12.0. The Morgan fingerprint density at radius 1 is 0.636 bits per heavy atom. The van der Waals surface area contributed by atoms with Gasteiger partial charge in [0.1, 0.15) is 0 Å². The summed E-state index contributed by atoms with van der Waals surface area (Å²) >= 11 is 0. The molecular weight excluding hydrogens is 268 g/mol. The molecule has 0 saturated heterocycles. The van der Waals surface area contributed by atoms with E-state index in [0.717, 1.165) is 0 Å². The van der Waals surface area contributed by atoms with Gasteiger partial charge in [0.25, 0.3) is 0 Å². The minimum absolute atomic E-state index is 1.19. The summed E-state index contributed by atoms with van der Waals surface area (Å²) in [6.07, 6.45) is 2.14. The van der Waals surface area contributed by atoms with Crippen molar-refractivity contribution in [2.24, 2.45) is 0 Å². The van der Waals surface area contributed by atoms with Crippen molar-refractivity contribution in [3.8, 4) is 5.69 Å². The standard InChI is InChI=1S/C20H14N2/c1-2-6-14(7-3-1)22-13-12-17-19(22)11-10-16-15-8-4-5-9-18(15)21-20(16)17/h1-13,21H. The maximum Gasteiger partial charge on any atom is 0.0560 e. The quantitative estimate of drug-likeness (QED) is 0.432. The van der Waals surface area contributed by atoms with Crippen molar-refractivity contribution in [1.82, 2.24) is 9.55 Å². The predicted octanol–water partition coefficient (Wildman–Crippen LogP) is 5.27. The van der Waals surface area contributed by atoms with Gasteiger partial charge in [-0.15, -0.1) is 0 Å². The Morgan fingerprint density at radius 3 is 2.36 bits per heavy atom. The van der Waals surface area contributed by atoms with Crippen LogP contribution in [0.25, 0.3) is 38.4 Å². The van der Waals surface area contributed by atoms with Crippen LogP contribution < -0.4 is 0 Å². The SMILES string of the molecule is c1ccc(-n2ccc3c4[nH]c5ccccc5c4ccc32)cc1. The molecule has 5 rings (SSSR count). The van der Waals surface area contributed by atoms with Crippen LogP contribution in [-0.2, 0) is 0 Å². The maximum atomic E-state index is 3.57. The van der Waals surface area contributed by atoms with Gasteiger partial charge >= 0.3 is 0 Å². The number of fused-ring (bicyclic) bond motifs is 5. The highest BCUT2D eigenvalue weighted by molar-refractivity contribution is 6.16. The van der Waals surface area contributed by atoms with Crippen molar-refractivity contribution in [3.05, 3.63) is 79.0 Å². The number of hydrogen-bond acceptors (Lipinski definition) is 0. The number of benzene rings is 3. The highest BCUT2D eigenvalue weighted by atomic mass is 15.0. The summed E-state index contributed by atoms with van der Waals surface area (Å²) in [4.78, 5) is 3.57. The molecule has 5 aromatic rings. The number of rotatable bonds is 1. The number of aromatic nitrogens is 2. The molecule has 2 nitrogen and oxygen atoms in total. The summed E-state index contributed by atoms with van der Waals surface area (Å²) in [7, 11) is 0. The molecule has 0 saturated carbocycles. The van der Waals surface area contributed by atoms with E-state index in [4.69, 9.17) is 0 Å². The fraction of sp³-hybridized carbons (Fsp3) is 0. The topological polar surface area (TPSA) is 20.7 Å². The zero-order valence-electron chi connectivity index (χ0n) is 12.0. The van der Waals surface area contributed by atoms with E-state index < -0.39 is 0 Å². The molecule has 0 atom stereocenters. The van der Waals surface area contributed by atoms with Gasteiger partial charge in [0, 0.05) is 33.6 Å². The summed E-state index contributed by atoms with van der Waals surface area (Å²) in [5, 5.41) is 3.83. The third kappa shape index (κ3) is 1.49. The smallest absolute Gasteiger partial charge is 0.0560 e. The molecule has 1 N–H and O–H groups in total. The van der Waals surface area contributed by atoms with Crippen molar-refractivity contribution >= 4 is 32.7 Å². The fourth-order valence-electron chi connectivity index (χ4n) is 3.35. The van der Waals surface area contributed by atoms with E-state index in [1.54, 1.807) is 0 Å². The Labute approximate surface area is 127 Å². The largest absolute Gasteiger partial charge is 0.354 e. The van der Waals surface area contributed by atoms with Gasteiger partial charge in [0.15, 0.2) is 0 Å². The summed E-state index contributed by atoms with van der Waals surface area (Å²) in [5.41, 5.74) is 4.82. The van der Waals surface area contributed by atoms with Crippen LogP contribution in [-0.4, -0.2) is 9.55 Å². The van der Waals surface area contributed by atoms with Crippen molar-refractivity contribution in [2.75, 3.05) is 0 Å². The molecule has 0 unspecified atom stereocenters. The lowest BCUT2D eigenvalue weighted by atomic mass is 10.1. The van der Waals surface area contributed by atoms with E-state index in [1.807, 2.05) is 6.07 Å². The van der Waals surface area contributed by atoms with E-state index >= 15 is 0 Å². The molecule has 0 amide bonds. The normalized spacial score (nSPS) is 11.6. The molecular formula is C20H14N2. The van der Waals surface area contributed by atoms with Crippen LogP contribution in [0.4, 0.5) is 0 Å². The minimum atomic E-state index is 1.19. The number of hydrogen-bond donors (Lipinski definition) is 1. The van der Waals surface area contributed by atoms with Gasteiger partial charge in [0.2, 0.25) is 0 Å². The monoisotopic (exact) mass is 282 g/mol. The number of aromatic amines is 1. The molecule has 2 heterocycles. The lowest BCUT2D eigenvalue weighted by Crippen LogP contribution is -1.90. The number of nitrogens with zero attached hydrogens (tertiary/aromatic N) is 1. The number of para-hydroxylation sites is 2. The van der Waals surface area contributed by atoms with E-state index in [0.29, 0.717) is 0 Å². The summed E-state index contributed by atoms with van der Waals surface area (Å²) in [6.45, 7) is 0. The van der Waals surface area contributed by atoms with Crippen molar-refractivity contribution in [1.29, 1.82) is 0 Å². The average Bonchev–Trinajstić information content (AvgIpc) is 3.16. The van der Waals surface area contributed by atoms with E-state index in [9.17, 15) is 0 Å². The van der Waals surface area contributed by atoms with Crippen molar-refractivity contribution in [3.63, 3.8) is 0 Å². The predicted molar refractivity (Wildman–Crippen MR) is 92.6 cm³/mol. The Balaban J connectivity index is 1.89. The summed E-state index contributed by atoms with van der Waals surface area (Å²) in [5.74, 6) is 0. The van der Waals surface area contributed by atoms with E-state index in [2.05, 4.69) is 82.5 Å². The van der Waals surface area contributed by atoms with Crippen LogP contribution in [0.2, 0.25) is 0 Å². The molecule has 0 aliphatic rings. The first-order valence-electron chi connectivity index (χ1n) is 7.48. The van der Waals surface area contributed by atoms with Crippen LogP contribution in [0.15, 0.2) is 79.0 Å². The highest BCUT2D eigenvalue weighted by Crippen LogP contribution is 2.32. The zero-order chi connectivity index (χ0) is 14.5. The van der Waals surface area contributed by atoms with E-state index in [-0.39, 0.29) is 0 Å². The molecule has 3 aromatic carbocycles. The maximum absolute atomic E-state index is 3.57. The van der Waals surface area contributed by atoms with Gasteiger partial charge in [-0.1, -0.05) is 42.5 Å². The Bertz CT molecular complexity index is 1110. The van der Waals surface area contributed by atoms with Gasteiger partial charge in [-0.2, -0.15) is 0 Å². The van der Waals surface area contributed by atoms with Gasteiger partial charge in [-0.25, -0.2) is 0 Å². The molecule has 0 fully saturated rings.